The van der Waals surface area contributed by atoms with Crippen molar-refractivity contribution in [3.63, 3.8) is 0 Å². The number of methoxy groups -OCH3 is 1. The maximum atomic E-state index is 12.4. The second-order valence-corrected chi connectivity index (χ2v) is 5.93. The van der Waals surface area contributed by atoms with Crippen molar-refractivity contribution in [3.05, 3.63) is 40.4 Å². The lowest BCUT2D eigenvalue weighted by molar-refractivity contribution is -0.120. The largest absolute Gasteiger partial charge is 0.495 e. The summed E-state index contributed by atoms with van der Waals surface area (Å²) < 4.78 is 5.11. The number of rotatable bonds is 3. The number of hydrogen-bond acceptors (Lipinski definition) is 3. The molecule has 0 radical (unpaired) electrons. The van der Waals surface area contributed by atoms with Gasteiger partial charge in [-0.25, -0.2) is 4.98 Å². The van der Waals surface area contributed by atoms with E-state index in [2.05, 4.69) is 15.3 Å². The second kappa shape index (κ2) is 6.01. The Morgan fingerprint density at radius 3 is 3.05 bits per heavy atom. The third-order valence-electron chi connectivity index (χ3n) is 3.95. The molecule has 1 aromatic carbocycles. The number of imidazole rings is 1. The van der Waals surface area contributed by atoms with Crippen LogP contribution >= 0.6 is 11.6 Å². The van der Waals surface area contributed by atoms with E-state index in [-0.39, 0.29) is 11.8 Å². The van der Waals surface area contributed by atoms with Crippen molar-refractivity contribution in [2.75, 3.05) is 12.4 Å². The summed E-state index contributed by atoms with van der Waals surface area (Å²) in [5.74, 6) is 1.47. The van der Waals surface area contributed by atoms with Gasteiger partial charge in [-0.05, 0) is 38.0 Å². The number of hydrogen-bond donors (Lipinski definition) is 2. The Labute approximate surface area is 134 Å². The van der Waals surface area contributed by atoms with Crippen molar-refractivity contribution >= 4 is 23.2 Å². The fourth-order valence-corrected chi connectivity index (χ4v) is 3.09. The third kappa shape index (κ3) is 2.95. The van der Waals surface area contributed by atoms with E-state index >= 15 is 0 Å². The van der Waals surface area contributed by atoms with Crippen LogP contribution in [0.1, 0.15) is 23.6 Å². The van der Waals surface area contributed by atoms with E-state index in [1.54, 1.807) is 25.3 Å². The first kappa shape index (κ1) is 14.9. The van der Waals surface area contributed by atoms with Gasteiger partial charge in [-0.2, -0.15) is 0 Å². The van der Waals surface area contributed by atoms with Crippen LogP contribution in [0.2, 0.25) is 5.02 Å². The third-order valence-corrected chi connectivity index (χ3v) is 4.25. The molecule has 1 amide bonds. The molecule has 116 valence electrons. The van der Waals surface area contributed by atoms with E-state index in [0.29, 0.717) is 22.9 Å². The summed E-state index contributed by atoms with van der Waals surface area (Å²) in [6, 6.07) is 5.24. The molecule has 1 heterocycles. The van der Waals surface area contributed by atoms with Crippen molar-refractivity contribution in [3.8, 4) is 5.75 Å². The Kier molecular flexibility index (Phi) is 4.07. The van der Waals surface area contributed by atoms with Gasteiger partial charge in [0.05, 0.1) is 17.8 Å². The lowest BCUT2D eigenvalue weighted by atomic mass is 9.89. The highest BCUT2D eigenvalue weighted by atomic mass is 35.5. The van der Waals surface area contributed by atoms with Crippen LogP contribution in [-0.2, 0) is 17.6 Å². The molecule has 1 aromatic heterocycles. The quantitative estimate of drug-likeness (QED) is 0.913. The van der Waals surface area contributed by atoms with Gasteiger partial charge >= 0.3 is 0 Å². The van der Waals surface area contributed by atoms with Crippen LogP contribution in [0.3, 0.4) is 0 Å². The zero-order chi connectivity index (χ0) is 15.7. The molecule has 0 saturated carbocycles. The Balaban J connectivity index is 1.69. The maximum absolute atomic E-state index is 12.4. The standard InChI is InChI=1S/C16H18ClN3O2/c1-9-18-13-5-3-10(7-14(13)19-9)16(21)20-11-4-6-15(22-2)12(17)8-11/h4,6,8,10H,3,5,7H2,1-2H3,(H,18,19)(H,20,21). The molecule has 1 unspecified atom stereocenters. The van der Waals surface area contributed by atoms with Crippen molar-refractivity contribution in [2.24, 2.45) is 5.92 Å². The number of nitrogens with zero attached hydrogens (tertiary/aromatic N) is 1. The summed E-state index contributed by atoms with van der Waals surface area (Å²) in [6.45, 7) is 1.94. The molecular weight excluding hydrogens is 302 g/mol. The van der Waals surface area contributed by atoms with Crippen LogP contribution < -0.4 is 10.1 Å². The maximum Gasteiger partial charge on any atom is 0.227 e. The van der Waals surface area contributed by atoms with Crippen LogP contribution in [-0.4, -0.2) is 23.0 Å². The molecule has 3 rings (SSSR count). The zero-order valence-corrected chi connectivity index (χ0v) is 13.3. The number of halogens is 1. The first-order valence-electron chi connectivity index (χ1n) is 7.25. The average molecular weight is 320 g/mol. The number of aromatic amines is 1. The molecule has 22 heavy (non-hydrogen) atoms. The van der Waals surface area contributed by atoms with E-state index < -0.39 is 0 Å². The number of aryl methyl sites for hydroxylation is 2. The smallest absolute Gasteiger partial charge is 0.227 e. The number of anilines is 1. The van der Waals surface area contributed by atoms with E-state index in [4.69, 9.17) is 16.3 Å². The van der Waals surface area contributed by atoms with E-state index in [9.17, 15) is 4.79 Å². The van der Waals surface area contributed by atoms with Gasteiger partial charge in [-0.15, -0.1) is 0 Å². The van der Waals surface area contributed by atoms with Crippen LogP contribution in [0, 0.1) is 12.8 Å². The molecule has 6 heteroatoms. The van der Waals surface area contributed by atoms with Crippen LogP contribution in [0.5, 0.6) is 5.75 Å². The molecule has 0 spiro atoms. The number of H-pyrrole nitrogens is 1. The van der Waals surface area contributed by atoms with Crippen LogP contribution in [0.15, 0.2) is 18.2 Å². The van der Waals surface area contributed by atoms with Gasteiger partial charge in [0.1, 0.15) is 11.6 Å². The highest BCUT2D eigenvalue weighted by Gasteiger charge is 2.26. The number of aromatic nitrogens is 2. The van der Waals surface area contributed by atoms with Crippen molar-refractivity contribution in [1.82, 2.24) is 9.97 Å². The van der Waals surface area contributed by atoms with Gasteiger partial charge in [0.25, 0.3) is 0 Å². The summed E-state index contributed by atoms with van der Waals surface area (Å²) in [5.41, 5.74) is 2.85. The minimum absolute atomic E-state index is 0.0131. The number of amides is 1. The minimum atomic E-state index is -0.0479. The average Bonchev–Trinajstić information content (AvgIpc) is 2.86. The summed E-state index contributed by atoms with van der Waals surface area (Å²) in [7, 11) is 1.56. The van der Waals surface area contributed by atoms with E-state index in [0.717, 1.165) is 30.1 Å². The molecule has 0 bridgehead atoms. The number of benzene rings is 1. The monoisotopic (exact) mass is 319 g/mol. The number of ether oxygens (including phenoxy) is 1. The number of carbonyl (C=O) groups is 1. The molecule has 2 aromatic rings. The topological polar surface area (TPSA) is 67.0 Å². The molecular formula is C16H18ClN3O2. The van der Waals surface area contributed by atoms with E-state index in [1.165, 1.54) is 0 Å². The Hall–Kier alpha value is -2.01. The predicted molar refractivity (Wildman–Crippen MR) is 85.5 cm³/mol. The molecule has 2 N–H and O–H groups in total. The molecule has 1 atom stereocenters. The Morgan fingerprint density at radius 1 is 1.50 bits per heavy atom. The van der Waals surface area contributed by atoms with Gasteiger partial charge in [0.2, 0.25) is 5.91 Å². The van der Waals surface area contributed by atoms with Gasteiger partial charge in [0.15, 0.2) is 0 Å². The first-order valence-corrected chi connectivity index (χ1v) is 7.63. The lowest BCUT2D eigenvalue weighted by Crippen LogP contribution is -2.28. The van der Waals surface area contributed by atoms with Crippen molar-refractivity contribution in [1.29, 1.82) is 0 Å². The summed E-state index contributed by atoms with van der Waals surface area (Å²) in [5, 5.41) is 3.41. The SMILES string of the molecule is COc1ccc(NC(=O)C2CCc3nc(C)[nH]c3C2)cc1Cl. The summed E-state index contributed by atoms with van der Waals surface area (Å²) in [4.78, 5) is 20.1. The van der Waals surface area contributed by atoms with Crippen LogP contribution in [0.25, 0.3) is 0 Å². The highest BCUT2D eigenvalue weighted by molar-refractivity contribution is 6.32. The van der Waals surface area contributed by atoms with Crippen molar-refractivity contribution < 1.29 is 9.53 Å². The van der Waals surface area contributed by atoms with Crippen molar-refractivity contribution in [2.45, 2.75) is 26.2 Å². The highest BCUT2D eigenvalue weighted by Crippen LogP contribution is 2.29. The first-order chi connectivity index (χ1) is 10.6. The number of carbonyl (C=O) groups excluding carboxylic acids is 1. The molecule has 5 nitrogen and oxygen atoms in total. The molecule has 0 fully saturated rings. The lowest BCUT2D eigenvalue weighted by Gasteiger charge is -2.20. The van der Waals surface area contributed by atoms with Crippen LogP contribution in [0.4, 0.5) is 5.69 Å². The molecule has 0 saturated heterocycles. The number of fused-ring (bicyclic) bond motifs is 1. The minimum Gasteiger partial charge on any atom is -0.495 e. The van der Waals surface area contributed by atoms with Gasteiger partial charge in [-0.1, -0.05) is 11.6 Å². The van der Waals surface area contributed by atoms with Gasteiger partial charge < -0.3 is 15.0 Å². The summed E-state index contributed by atoms with van der Waals surface area (Å²) in [6.07, 6.45) is 2.35. The normalized spacial score (nSPS) is 17.0. The fourth-order valence-electron chi connectivity index (χ4n) is 2.84. The zero-order valence-electron chi connectivity index (χ0n) is 12.6. The Morgan fingerprint density at radius 2 is 2.32 bits per heavy atom. The predicted octanol–water partition coefficient (Wildman–Crippen LogP) is 3.12. The second-order valence-electron chi connectivity index (χ2n) is 5.53. The molecule has 0 aliphatic heterocycles. The molecule has 1 aliphatic rings. The number of nitrogens with one attached hydrogen (secondary N) is 2. The molecule has 1 aliphatic carbocycles. The van der Waals surface area contributed by atoms with Gasteiger partial charge in [-0.3, -0.25) is 4.79 Å². The van der Waals surface area contributed by atoms with Gasteiger partial charge in [0, 0.05) is 23.7 Å². The Bertz CT molecular complexity index is 711. The summed E-state index contributed by atoms with van der Waals surface area (Å²) >= 11 is 6.08. The fraction of sp³-hybridized carbons (Fsp3) is 0.375. The van der Waals surface area contributed by atoms with E-state index in [1.807, 2.05) is 6.92 Å².